The van der Waals surface area contributed by atoms with Gasteiger partial charge in [0, 0.05) is 11.8 Å². The Bertz CT molecular complexity index is 328. The van der Waals surface area contributed by atoms with Crippen LogP contribution in [0.4, 0.5) is 5.00 Å². The van der Waals surface area contributed by atoms with Crippen LogP contribution in [0.3, 0.4) is 0 Å². The average Bonchev–Trinajstić information content (AvgIpc) is 2.65. The van der Waals surface area contributed by atoms with Gasteiger partial charge in [0.2, 0.25) is 0 Å². The molecule has 2 N–H and O–H groups in total. The summed E-state index contributed by atoms with van der Waals surface area (Å²) in [5.74, 6) is -0.975. The molecule has 0 aliphatic heterocycles. The molecule has 1 aromatic rings. The van der Waals surface area contributed by atoms with Crippen LogP contribution in [0.25, 0.3) is 0 Å². The molecule has 0 bridgehead atoms. The minimum atomic E-state index is -0.975. The SMILES string of the molecule is CSC(C)CCNc1scnc1C(=O)O. The lowest BCUT2D eigenvalue weighted by atomic mass is 10.3. The van der Waals surface area contributed by atoms with E-state index in [-0.39, 0.29) is 5.69 Å². The predicted octanol–water partition coefficient (Wildman–Crippen LogP) is 2.39. The van der Waals surface area contributed by atoms with E-state index in [0.717, 1.165) is 13.0 Å². The zero-order chi connectivity index (χ0) is 11.3. The molecule has 0 saturated carbocycles. The summed E-state index contributed by atoms with van der Waals surface area (Å²) in [6, 6.07) is 0. The fourth-order valence-electron chi connectivity index (χ4n) is 1.03. The third-order valence-electron chi connectivity index (χ3n) is 2.01. The normalized spacial score (nSPS) is 12.4. The highest BCUT2D eigenvalue weighted by Crippen LogP contribution is 2.20. The first-order chi connectivity index (χ1) is 7.15. The van der Waals surface area contributed by atoms with Gasteiger partial charge in [-0.2, -0.15) is 11.8 Å². The van der Waals surface area contributed by atoms with Gasteiger partial charge in [-0.3, -0.25) is 0 Å². The van der Waals surface area contributed by atoms with Gasteiger partial charge in [-0.05, 0) is 12.7 Å². The zero-order valence-electron chi connectivity index (χ0n) is 8.69. The molecule has 0 radical (unpaired) electrons. The maximum absolute atomic E-state index is 10.7. The molecule has 0 aliphatic rings. The van der Waals surface area contributed by atoms with Crippen LogP contribution in [0.1, 0.15) is 23.8 Å². The second-order valence-electron chi connectivity index (χ2n) is 3.10. The van der Waals surface area contributed by atoms with E-state index >= 15 is 0 Å². The van der Waals surface area contributed by atoms with Gasteiger partial charge in [0.15, 0.2) is 5.69 Å². The number of anilines is 1. The Morgan fingerprint density at radius 2 is 2.53 bits per heavy atom. The summed E-state index contributed by atoms with van der Waals surface area (Å²) in [5, 5.41) is 13.1. The highest BCUT2D eigenvalue weighted by molar-refractivity contribution is 7.99. The lowest BCUT2D eigenvalue weighted by Gasteiger charge is -2.08. The van der Waals surface area contributed by atoms with Gasteiger partial charge in [0.1, 0.15) is 5.00 Å². The summed E-state index contributed by atoms with van der Waals surface area (Å²) in [6.45, 7) is 2.93. The van der Waals surface area contributed by atoms with E-state index in [1.54, 1.807) is 17.3 Å². The number of thiazole rings is 1. The minimum Gasteiger partial charge on any atom is -0.476 e. The average molecular weight is 246 g/mol. The number of thioether (sulfide) groups is 1. The van der Waals surface area contributed by atoms with Crippen molar-refractivity contribution < 1.29 is 9.90 Å². The molecule has 0 fully saturated rings. The number of hydrogen-bond donors (Lipinski definition) is 2. The van der Waals surface area contributed by atoms with Crippen LogP contribution in [-0.2, 0) is 0 Å². The van der Waals surface area contributed by atoms with Gasteiger partial charge in [0.25, 0.3) is 0 Å². The zero-order valence-corrected chi connectivity index (χ0v) is 10.3. The number of carbonyl (C=O) groups is 1. The van der Waals surface area contributed by atoms with Crippen molar-refractivity contribution in [1.29, 1.82) is 0 Å². The van der Waals surface area contributed by atoms with Crippen LogP contribution in [0, 0.1) is 0 Å². The number of carboxylic acids is 1. The summed E-state index contributed by atoms with van der Waals surface area (Å²) >= 11 is 3.13. The van der Waals surface area contributed by atoms with Crippen molar-refractivity contribution in [2.75, 3.05) is 18.1 Å². The lowest BCUT2D eigenvalue weighted by Crippen LogP contribution is -2.09. The smallest absolute Gasteiger partial charge is 0.357 e. The Morgan fingerprint density at radius 1 is 1.80 bits per heavy atom. The quantitative estimate of drug-likeness (QED) is 0.807. The fraction of sp³-hybridized carbons (Fsp3) is 0.556. The maximum atomic E-state index is 10.7. The highest BCUT2D eigenvalue weighted by Gasteiger charge is 2.12. The summed E-state index contributed by atoms with van der Waals surface area (Å²) in [6.07, 6.45) is 3.08. The first kappa shape index (κ1) is 12.3. The summed E-state index contributed by atoms with van der Waals surface area (Å²) < 4.78 is 0. The van der Waals surface area contributed by atoms with Crippen molar-refractivity contribution in [3.05, 3.63) is 11.2 Å². The van der Waals surface area contributed by atoms with Gasteiger partial charge < -0.3 is 10.4 Å². The fourth-order valence-corrected chi connectivity index (χ4v) is 2.08. The van der Waals surface area contributed by atoms with Crippen LogP contribution in [0.2, 0.25) is 0 Å². The van der Waals surface area contributed by atoms with Crippen molar-refractivity contribution in [3.63, 3.8) is 0 Å². The number of rotatable bonds is 6. The Balaban J connectivity index is 2.44. The third kappa shape index (κ3) is 3.71. The number of aromatic carboxylic acids is 1. The molecule has 0 aromatic carbocycles. The molecule has 1 unspecified atom stereocenters. The predicted molar refractivity (Wildman–Crippen MR) is 65.2 cm³/mol. The Morgan fingerprint density at radius 3 is 3.13 bits per heavy atom. The topological polar surface area (TPSA) is 62.2 Å². The van der Waals surface area contributed by atoms with Gasteiger partial charge >= 0.3 is 5.97 Å². The van der Waals surface area contributed by atoms with Crippen molar-refractivity contribution in [1.82, 2.24) is 4.98 Å². The van der Waals surface area contributed by atoms with Gasteiger partial charge in [-0.15, -0.1) is 11.3 Å². The molecule has 84 valence electrons. The Hall–Kier alpha value is -0.750. The summed E-state index contributed by atoms with van der Waals surface area (Å²) in [7, 11) is 0. The molecule has 1 rings (SSSR count). The number of nitrogens with one attached hydrogen (secondary N) is 1. The molecular weight excluding hydrogens is 232 g/mol. The summed E-state index contributed by atoms with van der Waals surface area (Å²) in [4.78, 5) is 14.5. The molecule has 4 nitrogen and oxygen atoms in total. The van der Waals surface area contributed by atoms with E-state index in [1.165, 1.54) is 11.3 Å². The maximum Gasteiger partial charge on any atom is 0.357 e. The Labute approximate surface area is 97.1 Å². The molecule has 1 atom stereocenters. The van der Waals surface area contributed by atoms with Crippen molar-refractivity contribution in [2.24, 2.45) is 0 Å². The molecule has 0 spiro atoms. The molecular formula is C9H14N2O2S2. The highest BCUT2D eigenvalue weighted by atomic mass is 32.2. The third-order valence-corrected chi connectivity index (χ3v) is 3.83. The van der Waals surface area contributed by atoms with Crippen LogP contribution in [0.15, 0.2) is 5.51 Å². The lowest BCUT2D eigenvalue weighted by molar-refractivity contribution is 0.0692. The van der Waals surface area contributed by atoms with E-state index < -0.39 is 5.97 Å². The molecule has 0 saturated heterocycles. The van der Waals surface area contributed by atoms with E-state index in [9.17, 15) is 4.79 Å². The van der Waals surface area contributed by atoms with Crippen LogP contribution in [0.5, 0.6) is 0 Å². The van der Waals surface area contributed by atoms with Gasteiger partial charge in [-0.1, -0.05) is 6.92 Å². The van der Waals surface area contributed by atoms with Crippen LogP contribution >= 0.6 is 23.1 Å². The van der Waals surface area contributed by atoms with E-state index in [4.69, 9.17) is 5.11 Å². The second-order valence-corrected chi connectivity index (χ2v) is 5.23. The van der Waals surface area contributed by atoms with Crippen molar-refractivity contribution in [2.45, 2.75) is 18.6 Å². The van der Waals surface area contributed by atoms with E-state index in [1.807, 2.05) is 0 Å². The van der Waals surface area contributed by atoms with Gasteiger partial charge in [0.05, 0.1) is 5.51 Å². The first-order valence-corrected chi connectivity index (χ1v) is 6.75. The number of nitrogens with zero attached hydrogens (tertiary/aromatic N) is 1. The molecule has 0 aliphatic carbocycles. The second kappa shape index (κ2) is 5.97. The van der Waals surface area contributed by atoms with Crippen molar-refractivity contribution >= 4 is 34.1 Å². The van der Waals surface area contributed by atoms with E-state index in [2.05, 4.69) is 23.5 Å². The van der Waals surface area contributed by atoms with Gasteiger partial charge in [-0.25, -0.2) is 9.78 Å². The molecule has 15 heavy (non-hydrogen) atoms. The largest absolute Gasteiger partial charge is 0.476 e. The number of carboxylic acid groups (broad SMARTS) is 1. The molecule has 1 aromatic heterocycles. The minimum absolute atomic E-state index is 0.122. The first-order valence-electron chi connectivity index (χ1n) is 4.58. The molecule has 6 heteroatoms. The van der Waals surface area contributed by atoms with Crippen molar-refractivity contribution in [3.8, 4) is 0 Å². The number of hydrogen-bond acceptors (Lipinski definition) is 5. The van der Waals surface area contributed by atoms with E-state index in [0.29, 0.717) is 10.3 Å². The molecule has 1 heterocycles. The summed E-state index contributed by atoms with van der Waals surface area (Å²) in [5.41, 5.74) is 1.67. The monoisotopic (exact) mass is 246 g/mol. The molecule has 0 amide bonds. The Kier molecular flexibility index (Phi) is 4.90. The standard InChI is InChI=1S/C9H14N2O2S2/c1-6(14-2)3-4-10-8-7(9(12)13)11-5-15-8/h5-6,10H,3-4H2,1-2H3,(H,12,13). The van der Waals surface area contributed by atoms with Crippen LogP contribution in [-0.4, -0.2) is 34.1 Å². The van der Waals surface area contributed by atoms with Crippen LogP contribution < -0.4 is 5.32 Å². The number of aromatic nitrogens is 1.